The molecule has 1 aliphatic rings. The van der Waals surface area contributed by atoms with Gasteiger partial charge in [-0.2, -0.15) is 5.10 Å². The first-order valence-corrected chi connectivity index (χ1v) is 7.57. The van der Waals surface area contributed by atoms with Crippen LogP contribution in [-0.2, 0) is 13.5 Å². The fourth-order valence-electron chi connectivity index (χ4n) is 3.03. The first-order valence-electron chi connectivity index (χ1n) is 7.57. The van der Waals surface area contributed by atoms with Crippen molar-refractivity contribution in [2.24, 2.45) is 13.0 Å². The van der Waals surface area contributed by atoms with Gasteiger partial charge in [0.25, 0.3) is 5.91 Å². The van der Waals surface area contributed by atoms with Crippen LogP contribution < -0.4 is 5.56 Å². The predicted molar refractivity (Wildman–Crippen MR) is 82.6 cm³/mol. The zero-order valence-electron chi connectivity index (χ0n) is 12.7. The molecule has 0 saturated carbocycles. The summed E-state index contributed by atoms with van der Waals surface area (Å²) in [6.07, 6.45) is 6.41. The highest BCUT2D eigenvalue weighted by Crippen LogP contribution is 2.21. The lowest BCUT2D eigenvalue weighted by Crippen LogP contribution is -2.40. The van der Waals surface area contributed by atoms with Crippen molar-refractivity contribution in [2.45, 2.75) is 19.3 Å². The Morgan fingerprint density at radius 1 is 1.41 bits per heavy atom. The van der Waals surface area contributed by atoms with Crippen LogP contribution >= 0.6 is 0 Å². The Labute approximate surface area is 128 Å². The summed E-state index contributed by atoms with van der Waals surface area (Å²) in [7, 11) is 1.66. The van der Waals surface area contributed by atoms with E-state index in [1.165, 1.54) is 10.6 Å². The van der Waals surface area contributed by atoms with Gasteiger partial charge in [0.2, 0.25) is 5.56 Å². The van der Waals surface area contributed by atoms with Crippen molar-refractivity contribution >= 4 is 5.91 Å². The van der Waals surface area contributed by atoms with E-state index in [0.717, 1.165) is 38.0 Å². The van der Waals surface area contributed by atoms with Gasteiger partial charge in [-0.25, -0.2) is 0 Å². The Morgan fingerprint density at radius 2 is 2.27 bits per heavy atom. The largest absolute Gasteiger partial charge is 0.338 e. The fourth-order valence-corrected chi connectivity index (χ4v) is 3.03. The molecule has 1 atom stereocenters. The average molecular weight is 300 g/mol. The normalized spacial score (nSPS) is 18.4. The summed E-state index contributed by atoms with van der Waals surface area (Å²) in [4.78, 5) is 25.9. The van der Waals surface area contributed by atoms with Gasteiger partial charge in [-0.15, -0.1) is 0 Å². The van der Waals surface area contributed by atoms with Crippen molar-refractivity contribution < 1.29 is 4.79 Å². The van der Waals surface area contributed by atoms with E-state index in [2.05, 4.69) is 10.2 Å². The molecule has 0 aliphatic carbocycles. The molecular formula is C16H20N4O2. The monoisotopic (exact) mass is 300 g/mol. The van der Waals surface area contributed by atoms with E-state index in [-0.39, 0.29) is 11.5 Å². The lowest BCUT2D eigenvalue weighted by atomic mass is 9.93. The molecule has 0 bridgehead atoms. The van der Waals surface area contributed by atoms with Gasteiger partial charge in [0, 0.05) is 44.3 Å². The predicted octanol–water partition coefficient (Wildman–Crippen LogP) is 1.20. The van der Waals surface area contributed by atoms with Crippen molar-refractivity contribution in [2.75, 3.05) is 13.1 Å². The van der Waals surface area contributed by atoms with Gasteiger partial charge in [0.05, 0.1) is 5.56 Å². The van der Waals surface area contributed by atoms with Gasteiger partial charge >= 0.3 is 0 Å². The third kappa shape index (κ3) is 3.10. The van der Waals surface area contributed by atoms with E-state index in [0.29, 0.717) is 11.5 Å². The zero-order valence-corrected chi connectivity index (χ0v) is 12.7. The molecular weight excluding hydrogens is 280 g/mol. The minimum absolute atomic E-state index is 0.00455. The Bertz CT molecular complexity index is 705. The molecule has 3 heterocycles. The van der Waals surface area contributed by atoms with E-state index in [1.54, 1.807) is 25.5 Å². The number of carbonyl (C=O) groups excluding carboxylic acids is 1. The summed E-state index contributed by atoms with van der Waals surface area (Å²) >= 11 is 0. The number of amides is 1. The highest BCUT2D eigenvalue weighted by Gasteiger charge is 2.25. The average Bonchev–Trinajstić information content (AvgIpc) is 3.02. The number of piperidine rings is 1. The Balaban J connectivity index is 1.69. The zero-order chi connectivity index (χ0) is 15.5. The number of aryl methyl sites for hydroxylation is 1. The third-order valence-corrected chi connectivity index (χ3v) is 4.21. The van der Waals surface area contributed by atoms with Gasteiger partial charge in [0.15, 0.2) is 0 Å². The summed E-state index contributed by atoms with van der Waals surface area (Å²) in [6, 6.07) is 5.04. The number of H-pyrrole nitrogens is 1. The Kier molecular flexibility index (Phi) is 4.09. The smallest absolute Gasteiger partial charge is 0.255 e. The number of nitrogens with one attached hydrogen (secondary N) is 1. The van der Waals surface area contributed by atoms with Crippen molar-refractivity contribution in [1.82, 2.24) is 19.7 Å². The van der Waals surface area contributed by atoms with Gasteiger partial charge < -0.3 is 9.47 Å². The molecule has 2 aromatic rings. The number of hydrogen-bond donors (Lipinski definition) is 1. The van der Waals surface area contributed by atoms with Crippen LogP contribution in [0.3, 0.4) is 0 Å². The number of aromatic nitrogens is 3. The van der Waals surface area contributed by atoms with E-state index in [4.69, 9.17) is 0 Å². The molecule has 3 rings (SSSR count). The van der Waals surface area contributed by atoms with E-state index >= 15 is 0 Å². The van der Waals surface area contributed by atoms with E-state index < -0.39 is 0 Å². The number of aromatic amines is 1. The number of nitrogens with zero attached hydrogens (tertiary/aromatic N) is 3. The first kappa shape index (κ1) is 14.6. The van der Waals surface area contributed by atoms with Crippen LogP contribution in [0.1, 0.15) is 28.9 Å². The molecule has 116 valence electrons. The van der Waals surface area contributed by atoms with Crippen molar-refractivity contribution in [3.63, 3.8) is 0 Å². The minimum atomic E-state index is -0.104. The summed E-state index contributed by atoms with van der Waals surface area (Å²) in [6.45, 7) is 1.53. The van der Waals surface area contributed by atoms with Gasteiger partial charge in [0.1, 0.15) is 0 Å². The lowest BCUT2D eigenvalue weighted by Gasteiger charge is -2.32. The van der Waals surface area contributed by atoms with Gasteiger partial charge in [-0.1, -0.05) is 0 Å². The van der Waals surface area contributed by atoms with Crippen molar-refractivity contribution in [3.8, 4) is 0 Å². The van der Waals surface area contributed by atoms with Gasteiger partial charge in [-0.3, -0.25) is 14.7 Å². The third-order valence-electron chi connectivity index (χ3n) is 4.21. The molecule has 1 fully saturated rings. The summed E-state index contributed by atoms with van der Waals surface area (Å²) in [5.74, 6) is 0.454. The highest BCUT2D eigenvalue weighted by molar-refractivity contribution is 5.94. The summed E-state index contributed by atoms with van der Waals surface area (Å²) in [5, 5.41) is 6.95. The first-order chi connectivity index (χ1) is 10.6. The van der Waals surface area contributed by atoms with Crippen LogP contribution in [-0.4, -0.2) is 38.7 Å². The maximum absolute atomic E-state index is 12.6. The summed E-state index contributed by atoms with van der Waals surface area (Å²) in [5.41, 5.74) is 1.58. The SMILES string of the molecule is Cn1cc(C(=O)N2CCC[C@@H](Cc3ccn[nH]3)C2)ccc1=O. The molecule has 1 saturated heterocycles. The molecule has 1 N–H and O–H groups in total. The molecule has 2 aromatic heterocycles. The molecule has 22 heavy (non-hydrogen) atoms. The van der Waals surface area contributed by atoms with Crippen LogP contribution in [0.15, 0.2) is 35.4 Å². The van der Waals surface area contributed by atoms with Crippen molar-refractivity contribution in [3.05, 3.63) is 52.2 Å². The van der Waals surface area contributed by atoms with E-state index in [9.17, 15) is 9.59 Å². The fraction of sp³-hybridized carbons (Fsp3) is 0.438. The van der Waals surface area contributed by atoms with E-state index in [1.807, 2.05) is 11.0 Å². The number of likely N-dealkylation sites (tertiary alicyclic amines) is 1. The molecule has 0 spiro atoms. The minimum Gasteiger partial charge on any atom is -0.338 e. The molecule has 6 heteroatoms. The lowest BCUT2D eigenvalue weighted by molar-refractivity contribution is 0.0672. The molecule has 0 radical (unpaired) electrons. The second-order valence-corrected chi connectivity index (χ2v) is 5.91. The molecule has 6 nitrogen and oxygen atoms in total. The second kappa shape index (κ2) is 6.17. The molecule has 0 aromatic carbocycles. The Hall–Kier alpha value is -2.37. The standard InChI is InChI=1S/C16H20N4O2/c1-19-11-13(4-5-15(19)21)16(22)20-8-2-3-12(10-20)9-14-6-7-17-18-14/h4-7,11-12H,2-3,8-10H2,1H3,(H,17,18)/t12-/m0/s1. The topological polar surface area (TPSA) is 71.0 Å². The van der Waals surface area contributed by atoms with Crippen LogP contribution in [0, 0.1) is 5.92 Å². The Morgan fingerprint density at radius 3 is 3.00 bits per heavy atom. The number of rotatable bonds is 3. The molecule has 1 aliphatic heterocycles. The second-order valence-electron chi connectivity index (χ2n) is 5.91. The van der Waals surface area contributed by atoms with Crippen LogP contribution in [0.25, 0.3) is 0 Å². The molecule has 0 unspecified atom stereocenters. The van der Waals surface area contributed by atoms with Crippen molar-refractivity contribution in [1.29, 1.82) is 0 Å². The van der Waals surface area contributed by atoms with Gasteiger partial charge in [-0.05, 0) is 37.3 Å². The molecule has 1 amide bonds. The van der Waals surface area contributed by atoms with Crippen LogP contribution in [0.4, 0.5) is 0 Å². The number of hydrogen-bond acceptors (Lipinski definition) is 3. The van der Waals surface area contributed by atoms with Crippen LogP contribution in [0.2, 0.25) is 0 Å². The van der Waals surface area contributed by atoms with Crippen LogP contribution in [0.5, 0.6) is 0 Å². The quantitative estimate of drug-likeness (QED) is 0.926. The number of carbonyl (C=O) groups is 1. The number of pyridine rings is 1. The maximum atomic E-state index is 12.6. The maximum Gasteiger partial charge on any atom is 0.255 e. The highest BCUT2D eigenvalue weighted by atomic mass is 16.2. The summed E-state index contributed by atoms with van der Waals surface area (Å²) < 4.78 is 1.44.